The number of carbonyl (C=O) groups is 1. The van der Waals surface area contributed by atoms with Gasteiger partial charge in [-0.1, -0.05) is 6.92 Å². The Morgan fingerprint density at radius 1 is 1.53 bits per heavy atom. The molecule has 0 aromatic carbocycles. The minimum Gasteiger partial charge on any atom is -0.456 e. The first-order chi connectivity index (χ1) is 7.39. The molecule has 0 aliphatic carbocycles. The highest BCUT2D eigenvalue weighted by Gasteiger charge is 2.21. The lowest BCUT2D eigenvalue weighted by atomic mass is 10.1. The van der Waals surface area contributed by atoms with Gasteiger partial charge in [0.15, 0.2) is 5.76 Å². The molecule has 4 nitrogen and oxygen atoms in total. The zero-order chi connectivity index (χ0) is 12.3. The van der Waals surface area contributed by atoms with Crippen molar-refractivity contribution in [1.82, 2.24) is 5.32 Å². The van der Waals surface area contributed by atoms with Gasteiger partial charge in [-0.15, -0.1) is 12.4 Å². The van der Waals surface area contributed by atoms with Crippen molar-refractivity contribution in [3.05, 3.63) is 23.2 Å². The van der Waals surface area contributed by atoms with Crippen molar-refractivity contribution in [3.8, 4) is 0 Å². The average Bonchev–Trinajstić information content (AvgIpc) is 2.59. The van der Waals surface area contributed by atoms with Crippen LogP contribution in [0.25, 0.3) is 0 Å². The Morgan fingerprint density at radius 3 is 2.53 bits per heavy atom. The van der Waals surface area contributed by atoms with E-state index < -0.39 is 5.54 Å². The second-order valence-corrected chi connectivity index (χ2v) is 4.61. The second kappa shape index (κ2) is 6.07. The molecule has 0 unspecified atom stereocenters. The lowest BCUT2D eigenvalue weighted by Gasteiger charge is -2.23. The molecule has 1 aromatic rings. The van der Waals surface area contributed by atoms with E-state index in [4.69, 9.17) is 10.2 Å². The number of nitrogens with two attached hydrogens (primary N) is 1. The van der Waals surface area contributed by atoms with Crippen molar-refractivity contribution >= 4 is 18.3 Å². The van der Waals surface area contributed by atoms with Crippen LogP contribution in [0, 0.1) is 6.92 Å². The van der Waals surface area contributed by atoms with Gasteiger partial charge in [0.1, 0.15) is 5.76 Å². The van der Waals surface area contributed by atoms with Gasteiger partial charge in [0.2, 0.25) is 0 Å². The molecular weight excluding hydrogens is 240 g/mol. The maximum atomic E-state index is 11.8. The number of furan rings is 1. The molecule has 0 aliphatic rings. The monoisotopic (exact) mass is 260 g/mol. The summed E-state index contributed by atoms with van der Waals surface area (Å²) in [7, 11) is 0. The van der Waals surface area contributed by atoms with Gasteiger partial charge in [-0.3, -0.25) is 4.79 Å². The first kappa shape index (κ1) is 16.0. The van der Waals surface area contributed by atoms with Crippen LogP contribution in [0.5, 0.6) is 0 Å². The van der Waals surface area contributed by atoms with Crippen molar-refractivity contribution in [2.75, 3.05) is 6.54 Å². The van der Waals surface area contributed by atoms with Crippen LogP contribution in [-0.2, 0) is 6.42 Å². The van der Waals surface area contributed by atoms with Gasteiger partial charge >= 0.3 is 0 Å². The molecule has 0 radical (unpaired) electrons. The average molecular weight is 261 g/mol. The summed E-state index contributed by atoms with van der Waals surface area (Å²) in [4.78, 5) is 11.8. The Labute approximate surface area is 108 Å². The fourth-order valence-electron chi connectivity index (χ4n) is 1.40. The number of nitrogens with one attached hydrogen (secondary N) is 1. The molecule has 17 heavy (non-hydrogen) atoms. The standard InChI is InChI=1S/C12H20N2O2.ClH/c1-5-9-8(2)6-10(16-9)11(15)14-12(3,4)7-13;/h6H,5,7,13H2,1-4H3,(H,14,15);1H. The largest absolute Gasteiger partial charge is 0.456 e. The van der Waals surface area contributed by atoms with E-state index in [9.17, 15) is 4.79 Å². The maximum absolute atomic E-state index is 11.8. The fourth-order valence-corrected chi connectivity index (χ4v) is 1.40. The number of halogens is 1. The third-order valence-electron chi connectivity index (χ3n) is 2.53. The summed E-state index contributed by atoms with van der Waals surface area (Å²) in [5.74, 6) is 1.00. The van der Waals surface area contributed by atoms with Crippen LogP contribution >= 0.6 is 12.4 Å². The number of amides is 1. The third kappa shape index (κ3) is 4.06. The summed E-state index contributed by atoms with van der Waals surface area (Å²) in [6, 6.07) is 1.76. The normalized spacial score (nSPS) is 10.9. The molecule has 0 spiro atoms. The number of hydrogen-bond donors (Lipinski definition) is 2. The molecule has 1 rings (SSSR count). The Morgan fingerprint density at radius 2 is 2.12 bits per heavy atom. The molecule has 5 heteroatoms. The van der Waals surface area contributed by atoms with Crippen LogP contribution in [0.2, 0.25) is 0 Å². The zero-order valence-corrected chi connectivity index (χ0v) is 11.6. The van der Waals surface area contributed by atoms with Gasteiger partial charge in [0.25, 0.3) is 5.91 Å². The molecule has 0 saturated carbocycles. The predicted octanol–water partition coefficient (Wildman–Crippen LogP) is 2.04. The van der Waals surface area contributed by atoms with Crippen LogP contribution in [0.4, 0.5) is 0 Å². The van der Waals surface area contributed by atoms with E-state index in [1.165, 1.54) is 0 Å². The molecule has 1 heterocycles. The van der Waals surface area contributed by atoms with Crippen molar-refractivity contribution in [1.29, 1.82) is 0 Å². The minimum atomic E-state index is -0.413. The van der Waals surface area contributed by atoms with E-state index in [-0.39, 0.29) is 18.3 Å². The molecular formula is C12H21ClN2O2. The van der Waals surface area contributed by atoms with Gasteiger partial charge in [0, 0.05) is 18.5 Å². The first-order valence-corrected chi connectivity index (χ1v) is 5.51. The molecule has 0 atom stereocenters. The molecule has 0 fully saturated rings. The zero-order valence-electron chi connectivity index (χ0n) is 10.8. The highest BCUT2D eigenvalue weighted by Crippen LogP contribution is 2.15. The van der Waals surface area contributed by atoms with E-state index in [1.807, 2.05) is 27.7 Å². The van der Waals surface area contributed by atoms with E-state index >= 15 is 0 Å². The first-order valence-electron chi connectivity index (χ1n) is 5.51. The SMILES string of the molecule is CCc1oc(C(=O)NC(C)(C)CN)cc1C.Cl. The molecule has 1 aromatic heterocycles. The molecule has 1 amide bonds. The van der Waals surface area contributed by atoms with Crippen molar-refractivity contribution < 1.29 is 9.21 Å². The summed E-state index contributed by atoms with van der Waals surface area (Å²) < 4.78 is 5.46. The third-order valence-corrected chi connectivity index (χ3v) is 2.53. The number of hydrogen-bond acceptors (Lipinski definition) is 3. The van der Waals surface area contributed by atoms with Crippen molar-refractivity contribution in [2.45, 2.75) is 39.7 Å². The van der Waals surface area contributed by atoms with Crippen molar-refractivity contribution in [3.63, 3.8) is 0 Å². The lowest BCUT2D eigenvalue weighted by Crippen LogP contribution is -2.48. The fraction of sp³-hybridized carbons (Fsp3) is 0.583. The number of rotatable bonds is 4. The van der Waals surface area contributed by atoms with E-state index in [0.29, 0.717) is 12.3 Å². The molecule has 0 aliphatic heterocycles. The van der Waals surface area contributed by atoms with E-state index in [1.54, 1.807) is 6.07 Å². The van der Waals surface area contributed by atoms with Gasteiger partial charge < -0.3 is 15.5 Å². The molecule has 3 N–H and O–H groups in total. The lowest BCUT2D eigenvalue weighted by molar-refractivity contribution is 0.0885. The van der Waals surface area contributed by atoms with Gasteiger partial charge in [-0.2, -0.15) is 0 Å². The summed E-state index contributed by atoms with van der Waals surface area (Å²) in [6.45, 7) is 8.08. The predicted molar refractivity (Wildman–Crippen MR) is 70.7 cm³/mol. The summed E-state index contributed by atoms with van der Waals surface area (Å²) in [5.41, 5.74) is 6.15. The molecule has 0 saturated heterocycles. The highest BCUT2D eigenvalue weighted by atomic mass is 35.5. The van der Waals surface area contributed by atoms with Gasteiger partial charge in [-0.05, 0) is 32.4 Å². The van der Waals surface area contributed by atoms with Crippen LogP contribution in [0.15, 0.2) is 10.5 Å². The van der Waals surface area contributed by atoms with Gasteiger partial charge in [-0.25, -0.2) is 0 Å². The molecule has 0 bridgehead atoms. The number of aryl methyl sites for hydroxylation is 2. The van der Waals surface area contributed by atoms with Crippen molar-refractivity contribution in [2.24, 2.45) is 5.73 Å². The quantitative estimate of drug-likeness (QED) is 0.871. The summed E-state index contributed by atoms with van der Waals surface area (Å²) >= 11 is 0. The molecule has 98 valence electrons. The summed E-state index contributed by atoms with van der Waals surface area (Å²) in [5, 5.41) is 2.83. The van der Waals surface area contributed by atoms with Gasteiger partial charge in [0.05, 0.1) is 0 Å². The smallest absolute Gasteiger partial charge is 0.287 e. The van der Waals surface area contributed by atoms with Crippen LogP contribution in [-0.4, -0.2) is 18.0 Å². The topological polar surface area (TPSA) is 68.3 Å². The maximum Gasteiger partial charge on any atom is 0.287 e. The summed E-state index contributed by atoms with van der Waals surface area (Å²) in [6.07, 6.45) is 0.791. The van der Waals surface area contributed by atoms with Crippen LogP contribution < -0.4 is 11.1 Å². The Bertz CT molecular complexity index is 386. The Kier molecular flexibility index (Phi) is 5.72. The van der Waals surface area contributed by atoms with E-state index in [0.717, 1.165) is 17.7 Å². The van der Waals surface area contributed by atoms with Crippen LogP contribution in [0.1, 0.15) is 42.6 Å². The van der Waals surface area contributed by atoms with E-state index in [2.05, 4.69) is 5.32 Å². The Balaban J connectivity index is 0.00000256. The highest BCUT2D eigenvalue weighted by molar-refractivity contribution is 5.92. The van der Waals surface area contributed by atoms with Crippen LogP contribution in [0.3, 0.4) is 0 Å². The number of carbonyl (C=O) groups excluding carboxylic acids is 1. The Hall–Kier alpha value is -1.00. The second-order valence-electron chi connectivity index (χ2n) is 4.61. The minimum absolute atomic E-state index is 0.